The van der Waals surface area contributed by atoms with E-state index in [9.17, 15) is 9.59 Å². The first kappa shape index (κ1) is 19.4. The third-order valence-electron chi connectivity index (χ3n) is 5.37. The highest BCUT2D eigenvalue weighted by molar-refractivity contribution is 5.83. The third kappa shape index (κ3) is 5.07. The largest absolute Gasteiger partial charge is 0.466 e. The van der Waals surface area contributed by atoms with E-state index < -0.39 is 0 Å². The van der Waals surface area contributed by atoms with E-state index >= 15 is 0 Å². The fraction of sp³-hybridized carbons (Fsp3) is 0.455. The van der Waals surface area contributed by atoms with E-state index in [-0.39, 0.29) is 23.8 Å². The molecule has 1 aliphatic heterocycles. The van der Waals surface area contributed by atoms with Crippen LogP contribution in [0.15, 0.2) is 42.5 Å². The number of ether oxygens (including phenoxy) is 1. The summed E-state index contributed by atoms with van der Waals surface area (Å²) in [7, 11) is 0. The summed E-state index contributed by atoms with van der Waals surface area (Å²) < 4.78 is 5.10. The van der Waals surface area contributed by atoms with E-state index in [4.69, 9.17) is 4.74 Å². The molecule has 2 aromatic carbocycles. The molecule has 0 aliphatic carbocycles. The number of carbonyl (C=O) groups excluding carboxylic acids is 2. The van der Waals surface area contributed by atoms with Crippen LogP contribution in [0.2, 0.25) is 0 Å². The van der Waals surface area contributed by atoms with E-state index in [0.717, 1.165) is 31.5 Å². The molecule has 1 aliphatic rings. The number of carbonyl (C=O) groups is 2. The highest BCUT2D eigenvalue weighted by Crippen LogP contribution is 2.20. The SMILES string of the molecule is CCOC(=O)C1CC[NH+](CC(=O)N[C@H](C)c2ccc3ccccc3c2)CC1. The van der Waals surface area contributed by atoms with E-state index in [1.54, 1.807) is 0 Å². The van der Waals surface area contributed by atoms with Crippen LogP contribution in [0.3, 0.4) is 0 Å². The van der Waals surface area contributed by atoms with Gasteiger partial charge in [-0.1, -0.05) is 36.4 Å². The Labute approximate surface area is 160 Å². The summed E-state index contributed by atoms with van der Waals surface area (Å²) in [6, 6.07) is 14.5. The van der Waals surface area contributed by atoms with Crippen LogP contribution >= 0.6 is 0 Å². The monoisotopic (exact) mass is 369 g/mol. The molecule has 27 heavy (non-hydrogen) atoms. The maximum atomic E-state index is 12.5. The average Bonchev–Trinajstić information content (AvgIpc) is 2.68. The van der Waals surface area contributed by atoms with Crippen molar-refractivity contribution in [2.75, 3.05) is 26.2 Å². The highest BCUT2D eigenvalue weighted by atomic mass is 16.5. The second-order valence-electron chi connectivity index (χ2n) is 7.35. The van der Waals surface area contributed by atoms with Crippen LogP contribution in [0, 0.1) is 5.92 Å². The molecule has 0 aromatic heterocycles. The lowest BCUT2D eigenvalue weighted by molar-refractivity contribution is -0.897. The summed E-state index contributed by atoms with van der Waals surface area (Å²) in [4.78, 5) is 25.5. The smallest absolute Gasteiger partial charge is 0.309 e. The fourth-order valence-electron chi connectivity index (χ4n) is 3.78. The lowest BCUT2D eigenvalue weighted by atomic mass is 9.97. The van der Waals surface area contributed by atoms with Gasteiger partial charge < -0.3 is 15.0 Å². The second kappa shape index (κ2) is 9.00. The number of likely N-dealkylation sites (tertiary alicyclic amines) is 1. The van der Waals surface area contributed by atoms with E-state index in [0.29, 0.717) is 13.2 Å². The van der Waals surface area contributed by atoms with Gasteiger partial charge in [-0.3, -0.25) is 9.59 Å². The number of quaternary nitrogens is 1. The molecule has 2 N–H and O–H groups in total. The van der Waals surface area contributed by atoms with Crippen molar-refractivity contribution in [1.29, 1.82) is 0 Å². The van der Waals surface area contributed by atoms with Gasteiger partial charge in [0.25, 0.3) is 5.91 Å². The molecule has 0 saturated carbocycles. The molecule has 1 heterocycles. The molecule has 0 radical (unpaired) electrons. The topological polar surface area (TPSA) is 59.8 Å². The molecule has 1 amide bonds. The van der Waals surface area contributed by atoms with Crippen LogP contribution in [0.1, 0.15) is 38.3 Å². The maximum Gasteiger partial charge on any atom is 0.309 e. The van der Waals surface area contributed by atoms with Gasteiger partial charge in [0.15, 0.2) is 6.54 Å². The van der Waals surface area contributed by atoms with Crippen molar-refractivity contribution >= 4 is 22.6 Å². The number of hydrogen-bond donors (Lipinski definition) is 2. The van der Waals surface area contributed by atoms with E-state index in [1.165, 1.54) is 15.7 Å². The lowest BCUT2D eigenvalue weighted by Crippen LogP contribution is -3.14. The van der Waals surface area contributed by atoms with Crippen molar-refractivity contribution in [2.24, 2.45) is 5.92 Å². The van der Waals surface area contributed by atoms with Gasteiger partial charge in [0.2, 0.25) is 0 Å². The van der Waals surface area contributed by atoms with Crippen molar-refractivity contribution in [2.45, 2.75) is 32.7 Å². The maximum absolute atomic E-state index is 12.5. The number of rotatable bonds is 6. The van der Waals surface area contributed by atoms with Crippen LogP contribution < -0.4 is 10.2 Å². The summed E-state index contributed by atoms with van der Waals surface area (Å²) >= 11 is 0. The van der Waals surface area contributed by atoms with Gasteiger partial charge in [0, 0.05) is 12.8 Å². The first-order valence-corrected chi connectivity index (χ1v) is 9.85. The van der Waals surface area contributed by atoms with Crippen molar-refractivity contribution < 1.29 is 19.2 Å². The molecule has 3 rings (SSSR count). The molecule has 144 valence electrons. The Hall–Kier alpha value is -2.40. The molecule has 0 bridgehead atoms. The number of benzene rings is 2. The first-order valence-electron chi connectivity index (χ1n) is 9.85. The quantitative estimate of drug-likeness (QED) is 0.765. The molecule has 0 unspecified atom stereocenters. The standard InChI is InChI=1S/C22H28N2O3/c1-3-27-22(26)18-10-12-24(13-11-18)15-21(25)23-16(2)19-9-8-17-6-4-5-7-20(17)14-19/h4-9,14,16,18H,3,10-13,15H2,1-2H3,(H,23,25)/p+1/t16-/m1/s1. The lowest BCUT2D eigenvalue weighted by Gasteiger charge is -2.28. The summed E-state index contributed by atoms with van der Waals surface area (Å²) in [5.74, 6) is -0.0422. The molecule has 1 atom stereocenters. The number of piperidine rings is 1. The van der Waals surface area contributed by atoms with Crippen LogP contribution in [0.4, 0.5) is 0 Å². The zero-order valence-electron chi connectivity index (χ0n) is 16.2. The highest BCUT2D eigenvalue weighted by Gasteiger charge is 2.29. The van der Waals surface area contributed by atoms with Crippen molar-refractivity contribution in [1.82, 2.24) is 5.32 Å². The van der Waals surface area contributed by atoms with Gasteiger partial charge in [-0.2, -0.15) is 0 Å². The Morgan fingerprint density at radius 1 is 1.15 bits per heavy atom. The minimum Gasteiger partial charge on any atom is -0.466 e. The van der Waals surface area contributed by atoms with Crippen molar-refractivity contribution in [3.05, 3.63) is 48.0 Å². The molecular formula is C22H29N2O3+. The number of hydrogen-bond acceptors (Lipinski definition) is 3. The Balaban J connectivity index is 1.49. The van der Waals surface area contributed by atoms with Gasteiger partial charge in [0.1, 0.15) is 0 Å². The number of esters is 1. The zero-order chi connectivity index (χ0) is 19.2. The van der Waals surface area contributed by atoms with Gasteiger partial charge in [-0.05, 0) is 36.2 Å². The Bertz CT molecular complexity index is 797. The summed E-state index contributed by atoms with van der Waals surface area (Å²) in [6.07, 6.45) is 1.59. The summed E-state index contributed by atoms with van der Waals surface area (Å²) in [5, 5.41) is 5.50. The van der Waals surface area contributed by atoms with Crippen LogP contribution in [-0.2, 0) is 14.3 Å². The minimum absolute atomic E-state index is 0.00622. The number of fused-ring (bicyclic) bond motifs is 1. The predicted molar refractivity (Wildman–Crippen MR) is 105 cm³/mol. The van der Waals surface area contributed by atoms with E-state index in [2.05, 4.69) is 35.6 Å². The van der Waals surface area contributed by atoms with Gasteiger partial charge >= 0.3 is 5.97 Å². The average molecular weight is 369 g/mol. The molecule has 5 nitrogen and oxygen atoms in total. The normalized spacial score (nSPS) is 20.8. The Morgan fingerprint density at radius 2 is 1.85 bits per heavy atom. The first-order chi connectivity index (χ1) is 13.1. The predicted octanol–water partition coefficient (Wildman–Crippen LogP) is 1.88. The minimum atomic E-state index is -0.0917. The van der Waals surface area contributed by atoms with Gasteiger partial charge in [-0.25, -0.2) is 0 Å². The van der Waals surface area contributed by atoms with E-state index in [1.807, 2.05) is 26.0 Å². The molecule has 5 heteroatoms. The number of nitrogens with one attached hydrogen (secondary N) is 2. The van der Waals surface area contributed by atoms with Gasteiger partial charge in [-0.15, -0.1) is 0 Å². The van der Waals surface area contributed by atoms with Crippen LogP contribution in [0.25, 0.3) is 10.8 Å². The summed E-state index contributed by atoms with van der Waals surface area (Å²) in [5.41, 5.74) is 1.11. The molecule has 1 saturated heterocycles. The van der Waals surface area contributed by atoms with Gasteiger partial charge in [0.05, 0.1) is 31.7 Å². The third-order valence-corrected chi connectivity index (χ3v) is 5.37. The molecule has 2 aromatic rings. The fourth-order valence-corrected chi connectivity index (χ4v) is 3.78. The van der Waals surface area contributed by atoms with Crippen LogP contribution in [0.5, 0.6) is 0 Å². The molecular weight excluding hydrogens is 340 g/mol. The Morgan fingerprint density at radius 3 is 2.56 bits per heavy atom. The molecule has 0 spiro atoms. The molecule has 1 fully saturated rings. The van der Waals surface area contributed by atoms with Crippen molar-refractivity contribution in [3.63, 3.8) is 0 Å². The zero-order valence-corrected chi connectivity index (χ0v) is 16.2. The van der Waals surface area contributed by atoms with Crippen LogP contribution in [-0.4, -0.2) is 38.1 Å². The Kier molecular flexibility index (Phi) is 6.45. The summed E-state index contributed by atoms with van der Waals surface area (Å²) in [6.45, 7) is 6.40. The second-order valence-corrected chi connectivity index (χ2v) is 7.35. The number of amides is 1. The van der Waals surface area contributed by atoms with Crippen molar-refractivity contribution in [3.8, 4) is 0 Å².